The Kier molecular flexibility index (Phi) is 4.14. The normalized spacial score (nSPS) is 11.2. The highest BCUT2D eigenvalue weighted by atomic mass is 16.4. The molecule has 19 heavy (non-hydrogen) atoms. The SMILES string of the molecule is Cc1cc(C)c(C(=O)O)c(NCC(C)(C)C(N)=O)n1. The lowest BCUT2D eigenvalue weighted by atomic mass is 9.92. The zero-order valence-electron chi connectivity index (χ0n) is 11.6. The van der Waals surface area contributed by atoms with Crippen LogP contribution in [0.5, 0.6) is 0 Å². The number of carbonyl (C=O) groups is 2. The summed E-state index contributed by atoms with van der Waals surface area (Å²) in [6, 6.07) is 1.70. The number of rotatable bonds is 5. The van der Waals surface area contributed by atoms with Crippen LogP contribution in [0.4, 0.5) is 5.82 Å². The minimum absolute atomic E-state index is 0.117. The summed E-state index contributed by atoms with van der Waals surface area (Å²) < 4.78 is 0. The Labute approximate surface area is 112 Å². The number of carbonyl (C=O) groups excluding carboxylic acids is 1. The minimum atomic E-state index is -1.05. The van der Waals surface area contributed by atoms with Crippen LogP contribution in [0.2, 0.25) is 0 Å². The highest BCUT2D eigenvalue weighted by molar-refractivity contribution is 5.95. The number of carboxylic acid groups (broad SMARTS) is 1. The second-order valence-corrected chi connectivity index (χ2v) is 5.21. The first-order valence-electron chi connectivity index (χ1n) is 5.90. The summed E-state index contributed by atoms with van der Waals surface area (Å²) in [6.07, 6.45) is 0. The van der Waals surface area contributed by atoms with Gasteiger partial charge >= 0.3 is 5.97 Å². The van der Waals surface area contributed by atoms with Crippen molar-refractivity contribution in [3.8, 4) is 0 Å². The third-order valence-corrected chi connectivity index (χ3v) is 2.92. The molecule has 0 fully saturated rings. The molecule has 0 saturated carbocycles. The van der Waals surface area contributed by atoms with Gasteiger partial charge in [-0.1, -0.05) is 0 Å². The number of nitrogens with zero attached hydrogens (tertiary/aromatic N) is 1. The number of carboxylic acids is 1. The number of nitrogens with one attached hydrogen (secondary N) is 1. The van der Waals surface area contributed by atoms with Crippen molar-refractivity contribution < 1.29 is 14.7 Å². The van der Waals surface area contributed by atoms with Crippen LogP contribution in [0.25, 0.3) is 0 Å². The van der Waals surface area contributed by atoms with Crippen LogP contribution in [-0.4, -0.2) is 28.5 Å². The molecule has 0 radical (unpaired) electrons. The fraction of sp³-hybridized carbons (Fsp3) is 0.462. The Morgan fingerprint density at radius 1 is 1.42 bits per heavy atom. The summed E-state index contributed by atoms with van der Waals surface area (Å²) in [5.41, 5.74) is 5.94. The van der Waals surface area contributed by atoms with Crippen molar-refractivity contribution in [1.29, 1.82) is 0 Å². The summed E-state index contributed by atoms with van der Waals surface area (Å²) in [5.74, 6) is -1.25. The van der Waals surface area contributed by atoms with Crippen LogP contribution >= 0.6 is 0 Å². The summed E-state index contributed by atoms with van der Waals surface area (Å²) >= 11 is 0. The molecular weight excluding hydrogens is 246 g/mol. The van der Waals surface area contributed by atoms with E-state index in [0.717, 1.165) is 0 Å². The van der Waals surface area contributed by atoms with Crippen LogP contribution in [0.15, 0.2) is 6.07 Å². The zero-order chi connectivity index (χ0) is 14.8. The molecule has 0 spiro atoms. The maximum atomic E-state index is 11.2. The van der Waals surface area contributed by atoms with Gasteiger partial charge in [-0.3, -0.25) is 4.79 Å². The van der Waals surface area contributed by atoms with Gasteiger partial charge in [0.1, 0.15) is 11.4 Å². The molecule has 1 heterocycles. The van der Waals surface area contributed by atoms with E-state index in [-0.39, 0.29) is 17.9 Å². The van der Waals surface area contributed by atoms with E-state index in [4.69, 9.17) is 5.73 Å². The first-order chi connectivity index (χ1) is 8.65. The average molecular weight is 265 g/mol. The Morgan fingerprint density at radius 3 is 2.47 bits per heavy atom. The van der Waals surface area contributed by atoms with E-state index in [1.165, 1.54) is 0 Å². The predicted octanol–water partition coefficient (Wildman–Crippen LogP) is 1.32. The van der Waals surface area contributed by atoms with Gasteiger partial charge in [0.15, 0.2) is 0 Å². The van der Waals surface area contributed by atoms with Crippen molar-refractivity contribution in [3.05, 3.63) is 22.9 Å². The number of hydrogen-bond acceptors (Lipinski definition) is 4. The fourth-order valence-electron chi connectivity index (χ4n) is 1.63. The van der Waals surface area contributed by atoms with Crippen LogP contribution in [-0.2, 0) is 4.79 Å². The lowest BCUT2D eigenvalue weighted by Gasteiger charge is -2.22. The lowest BCUT2D eigenvalue weighted by molar-refractivity contribution is -0.125. The molecule has 1 amide bonds. The van der Waals surface area contributed by atoms with E-state index in [1.54, 1.807) is 33.8 Å². The van der Waals surface area contributed by atoms with E-state index in [2.05, 4.69) is 10.3 Å². The molecule has 0 aliphatic rings. The number of nitrogens with two attached hydrogens (primary N) is 1. The molecule has 0 unspecified atom stereocenters. The smallest absolute Gasteiger partial charge is 0.339 e. The molecule has 1 aromatic rings. The van der Waals surface area contributed by atoms with Crippen LogP contribution < -0.4 is 11.1 Å². The Bertz CT molecular complexity index is 524. The lowest BCUT2D eigenvalue weighted by Crippen LogP contribution is -2.37. The van der Waals surface area contributed by atoms with Gasteiger partial charge in [-0.2, -0.15) is 0 Å². The molecule has 0 saturated heterocycles. The Balaban J connectivity index is 3.07. The van der Waals surface area contributed by atoms with E-state index < -0.39 is 17.3 Å². The first-order valence-corrected chi connectivity index (χ1v) is 5.90. The molecule has 1 aromatic heterocycles. The van der Waals surface area contributed by atoms with E-state index >= 15 is 0 Å². The molecule has 0 aromatic carbocycles. The fourth-order valence-corrected chi connectivity index (χ4v) is 1.63. The summed E-state index contributed by atoms with van der Waals surface area (Å²) in [7, 11) is 0. The van der Waals surface area contributed by atoms with Gasteiger partial charge in [0, 0.05) is 12.2 Å². The number of aromatic nitrogens is 1. The van der Waals surface area contributed by atoms with Crippen molar-refractivity contribution >= 4 is 17.7 Å². The maximum absolute atomic E-state index is 11.2. The largest absolute Gasteiger partial charge is 0.478 e. The van der Waals surface area contributed by atoms with Gasteiger partial charge in [0.2, 0.25) is 5.91 Å². The monoisotopic (exact) mass is 265 g/mol. The zero-order valence-corrected chi connectivity index (χ0v) is 11.6. The topological polar surface area (TPSA) is 105 Å². The van der Waals surface area contributed by atoms with Crippen LogP contribution in [0.3, 0.4) is 0 Å². The Hall–Kier alpha value is -2.11. The van der Waals surface area contributed by atoms with Gasteiger partial charge in [0.05, 0.1) is 5.41 Å². The number of hydrogen-bond donors (Lipinski definition) is 3. The number of aromatic carboxylic acids is 1. The maximum Gasteiger partial charge on any atom is 0.339 e. The molecule has 6 nitrogen and oxygen atoms in total. The molecular formula is C13H19N3O3. The molecule has 0 aliphatic heterocycles. The number of aryl methyl sites for hydroxylation is 2. The van der Waals surface area contributed by atoms with Gasteiger partial charge in [-0.05, 0) is 39.3 Å². The second-order valence-electron chi connectivity index (χ2n) is 5.21. The minimum Gasteiger partial charge on any atom is -0.478 e. The Morgan fingerprint density at radius 2 is 2.00 bits per heavy atom. The molecule has 0 atom stereocenters. The second kappa shape index (κ2) is 5.26. The molecule has 104 valence electrons. The number of pyridine rings is 1. The summed E-state index contributed by atoms with van der Waals surface area (Å²) in [6.45, 7) is 7.08. The van der Waals surface area contributed by atoms with E-state index in [0.29, 0.717) is 11.3 Å². The van der Waals surface area contributed by atoms with Crippen molar-refractivity contribution in [2.45, 2.75) is 27.7 Å². The van der Waals surface area contributed by atoms with Gasteiger partial charge in [-0.15, -0.1) is 0 Å². The highest BCUT2D eigenvalue weighted by Crippen LogP contribution is 2.21. The summed E-state index contributed by atoms with van der Waals surface area (Å²) in [4.78, 5) is 26.7. The molecule has 1 rings (SSSR count). The van der Waals surface area contributed by atoms with Crippen LogP contribution in [0, 0.1) is 19.3 Å². The van der Waals surface area contributed by atoms with Gasteiger partial charge in [-0.25, -0.2) is 9.78 Å². The molecule has 4 N–H and O–H groups in total. The van der Waals surface area contributed by atoms with E-state index in [1.807, 2.05) is 0 Å². The quantitative estimate of drug-likeness (QED) is 0.744. The molecule has 0 aliphatic carbocycles. The van der Waals surface area contributed by atoms with Gasteiger partial charge < -0.3 is 16.2 Å². The van der Waals surface area contributed by atoms with E-state index in [9.17, 15) is 14.7 Å². The molecule has 6 heteroatoms. The van der Waals surface area contributed by atoms with Crippen LogP contribution in [0.1, 0.15) is 35.5 Å². The summed E-state index contributed by atoms with van der Waals surface area (Å²) in [5, 5.41) is 12.1. The molecule has 0 bridgehead atoms. The first kappa shape index (κ1) is 14.9. The number of anilines is 1. The van der Waals surface area contributed by atoms with Gasteiger partial charge in [0.25, 0.3) is 0 Å². The number of amides is 1. The average Bonchev–Trinajstić information content (AvgIpc) is 2.24. The van der Waals surface area contributed by atoms with Crippen molar-refractivity contribution in [3.63, 3.8) is 0 Å². The number of primary amides is 1. The predicted molar refractivity (Wildman–Crippen MR) is 72.1 cm³/mol. The third kappa shape index (κ3) is 3.43. The van der Waals surface area contributed by atoms with Crippen molar-refractivity contribution in [2.24, 2.45) is 11.1 Å². The highest BCUT2D eigenvalue weighted by Gasteiger charge is 2.26. The van der Waals surface area contributed by atoms with Crippen molar-refractivity contribution in [2.75, 3.05) is 11.9 Å². The van der Waals surface area contributed by atoms with Crippen molar-refractivity contribution in [1.82, 2.24) is 4.98 Å². The standard InChI is InChI=1S/C13H19N3O3/c1-7-5-8(2)16-10(9(7)11(17)18)15-6-13(3,4)12(14)19/h5H,6H2,1-4H3,(H2,14,19)(H,15,16)(H,17,18). The third-order valence-electron chi connectivity index (χ3n) is 2.92.